The summed E-state index contributed by atoms with van der Waals surface area (Å²) in [6, 6.07) is 20.5. The van der Waals surface area contributed by atoms with E-state index in [2.05, 4.69) is 10.2 Å². The number of pyridine rings is 1. The number of hydrogen-bond acceptors (Lipinski definition) is 7. The van der Waals surface area contributed by atoms with Crippen LogP contribution in [0.2, 0.25) is 0 Å². The van der Waals surface area contributed by atoms with E-state index >= 15 is 0 Å². The third-order valence-electron chi connectivity index (χ3n) is 6.61. The minimum Gasteiger partial charge on any atom is -0.444 e. The summed E-state index contributed by atoms with van der Waals surface area (Å²) in [5.74, 6) is -1.35. The van der Waals surface area contributed by atoms with E-state index in [4.69, 9.17) is 9.72 Å². The van der Waals surface area contributed by atoms with Crippen molar-refractivity contribution in [2.45, 2.75) is 26.0 Å². The molecule has 0 spiro atoms. The lowest BCUT2D eigenvalue weighted by Gasteiger charge is -2.27. The fraction of sp³-hybridized carbons (Fsp3) is 0.207. The first-order valence-corrected chi connectivity index (χ1v) is 12.2. The van der Waals surface area contributed by atoms with Gasteiger partial charge in [0.25, 0.3) is 11.6 Å². The Balaban J connectivity index is 1.54. The minimum atomic E-state index is -1.34. The van der Waals surface area contributed by atoms with Gasteiger partial charge in [0.15, 0.2) is 0 Å². The summed E-state index contributed by atoms with van der Waals surface area (Å²) in [6.45, 7) is 3.07. The molecule has 0 fully saturated rings. The molecule has 0 bridgehead atoms. The number of nitro groups is 1. The molecule has 9 heteroatoms. The van der Waals surface area contributed by atoms with Crippen LogP contribution in [0.1, 0.15) is 38.8 Å². The fourth-order valence-electron chi connectivity index (χ4n) is 4.72. The highest BCUT2D eigenvalue weighted by atomic mass is 16.6. The second-order valence-electron chi connectivity index (χ2n) is 9.38. The maximum Gasteiger partial charge on any atom is 0.340 e. The summed E-state index contributed by atoms with van der Waals surface area (Å²) < 4.78 is 5.92. The molecule has 1 atom stereocenters. The molecule has 38 heavy (non-hydrogen) atoms. The van der Waals surface area contributed by atoms with Gasteiger partial charge in [0, 0.05) is 47.8 Å². The van der Waals surface area contributed by atoms with Gasteiger partial charge < -0.3 is 15.0 Å². The number of esters is 1. The second-order valence-corrected chi connectivity index (χ2v) is 9.38. The Bertz CT molecular complexity index is 1550. The third-order valence-corrected chi connectivity index (χ3v) is 6.61. The number of ether oxygens (including phenoxy) is 1. The van der Waals surface area contributed by atoms with E-state index in [1.54, 1.807) is 43.3 Å². The van der Waals surface area contributed by atoms with Gasteiger partial charge in [-0.2, -0.15) is 0 Å². The summed E-state index contributed by atoms with van der Waals surface area (Å²) in [5.41, 5.74) is 3.58. The first-order chi connectivity index (χ1) is 18.3. The topological polar surface area (TPSA) is 115 Å². The molecule has 2 heterocycles. The Hall–Kier alpha value is -4.63. The molecule has 1 unspecified atom stereocenters. The number of fused-ring (bicyclic) bond motifs is 2. The fourth-order valence-corrected chi connectivity index (χ4v) is 4.72. The van der Waals surface area contributed by atoms with Crippen LogP contribution in [0.3, 0.4) is 0 Å². The maximum atomic E-state index is 13.8. The lowest BCUT2D eigenvalue weighted by atomic mass is 9.96. The van der Waals surface area contributed by atoms with Gasteiger partial charge >= 0.3 is 5.97 Å². The first kappa shape index (κ1) is 25.0. The molecule has 3 aromatic carbocycles. The smallest absolute Gasteiger partial charge is 0.340 e. The van der Waals surface area contributed by atoms with Crippen molar-refractivity contribution in [1.29, 1.82) is 0 Å². The quantitative estimate of drug-likeness (QED) is 0.221. The monoisotopic (exact) mass is 510 g/mol. The number of amides is 1. The first-order valence-electron chi connectivity index (χ1n) is 12.2. The van der Waals surface area contributed by atoms with Gasteiger partial charge in [-0.25, -0.2) is 4.79 Å². The highest BCUT2D eigenvalue weighted by Crippen LogP contribution is 2.32. The zero-order valence-corrected chi connectivity index (χ0v) is 21.0. The molecule has 1 amide bonds. The number of likely N-dealkylation sites (N-methyl/N-ethyl adjacent to an activating group) is 1. The van der Waals surface area contributed by atoms with Crippen LogP contribution in [0.25, 0.3) is 10.9 Å². The highest BCUT2D eigenvalue weighted by Gasteiger charge is 2.31. The number of nitrogens with one attached hydrogen (secondary N) is 1. The number of nitrogens with zero attached hydrogens (tertiary/aromatic N) is 3. The number of carbonyl (C=O) groups is 2. The molecule has 5 rings (SSSR count). The summed E-state index contributed by atoms with van der Waals surface area (Å²) in [7, 11) is 1.97. The van der Waals surface area contributed by atoms with E-state index in [1.807, 2.05) is 31.3 Å². The summed E-state index contributed by atoms with van der Waals surface area (Å²) >= 11 is 0. The molecular weight excluding hydrogens is 484 g/mol. The number of hydrogen-bond donors (Lipinski definition) is 1. The molecule has 1 N–H and O–H groups in total. The third kappa shape index (κ3) is 4.96. The van der Waals surface area contributed by atoms with Crippen molar-refractivity contribution in [3.63, 3.8) is 0 Å². The molecule has 0 radical (unpaired) electrons. The van der Waals surface area contributed by atoms with Crippen LogP contribution in [-0.4, -0.2) is 40.3 Å². The average molecular weight is 511 g/mol. The van der Waals surface area contributed by atoms with E-state index in [0.29, 0.717) is 40.6 Å². The Kier molecular flexibility index (Phi) is 6.85. The Morgan fingerprint density at radius 1 is 1.08 bits per heavy atom. The molecule has 192 valence electrons. The van der Waals surface area contributed by atoms with Gasteiger partial charge in [-0.15, -0.1) is 0 Å². The van der Waals surface area contributed by atoms with Crippen LogP contribution in [0.4, 0.5) is 11.4 Å². The Morgan fingerprint density at radius 3 is 2.58 bits per heavy atom. The van der Waals surface area contributed by atoms with E-state index in [1.165, 1.54) is 12.1 Å². The maximum absolute atomic E-state index is 13.8. The van der Waals surface area contributed by atoms with Gasteiger partial charge in [0.1, 0.15) is 5.69 Å². The van der Waals surface area contributed by atoms with Crippen LogP contribution >= 0.6 is 0 Å². The van der Waals surface area contributed by atoms with Crippen molar-refractivity contribution >= 4 is 34.2 Å². The van der Waals surface area contributed by atoms with Gasteiger partial charge in [-0.1, -0.05) is 54.6 Å². The molecule has 1 aliphatic rings. The molecule has 0 saturated heterocycles. The highest BCUT2D eigenvalue weighted by molar-refractivity contribution is 6.06. The SMILES string of the molecule is Cc1ccc(NC(=O)C(OC(=O)c2c3c(nc4ccccc24)CCN(C)C3)c2ccccc2)c([N+](=O)[O-])c1. The van der Waals surface area contributed by atoms with Gasteiger partial charge in [-0.05, 0) is 31.7 Å². The number of benzene rings is 3. The normalized spacial score (nSPS) is 13.9. The van der Waals surface area contributed by atoms with Crippen molar-refractivity contribution in [2.75, 3.05) is 18.9 Å². The van der Waals surface area contributed by atoms with E-state index in [0.717, 1.165) is 17.8 Å². The van der Waals surface area contributed by atoms with E-state index in [-0.39, 0.29) is 11.4 Å². The van der Waals surface area contributed by atoms with Crippen LogP contribution in [0.15, 0.2) is 72.8 Å². The number of aryl methyl sites for hydroxylation is 1. The van der Waals surface area contributed by atoms with Crippen molar-refractivity contribution in [3.8, 4) is 0 Å². The summed E-state index contributed by atoms with van der Waals surface area (Å²) in [5, 5.41) is 14.9. The number of aromatic nitrogens is 1. The minimum absolute atomic E-state index is 0.0240. The van der Waals surface area contributed by atoms with E-state index in [9.17, 15) is 19.7 Å². The zero-order valence-electron chi connectivity index (χ0n) is 21.0. The van der Waals surface area contributed by atoms with Gasteiger partial charge in [0.2, 0.25) is 6.10 Å². The summed E-state index contributed by atoms with van der Waals surface area (Å²) in [4.78, 5) is 45.3. The van der Waals surface area contributed by atoms with Crippen molar-refractivity contribution in [1.82, 2.24) is 9.88 Å². The molecule has 0 saturated carbocycles. The number of carbonyl (C=O) groups excluding carboxylic acids is 2. The number of nitro benzene ring substituents is 1. The Labute approximate surface area is 219 Å². The lowest BCUT2D eigenvalue weighted by Crippen LogP contribution is -2.31. The second kappa shape index (κ2) is 10.4. The molecule has 1 aliphatic heterocycles. The van der Waals surface area contributed by atoms with Gasteiger partial charge in [-0.3, -0.25) is 19.9 Å². The molecule has 9 nitrogen and oxygen atoms in total. The standard InChI is InChI=1S/C29H26N4O5/c1-18-12-13-24(25(16-18)33(36)37)31-28(34)27(19-8-4-3-5-9-19)38-29(35)26-20-10-6-7-11-22(20)30-23-14-15-32(2)17-21(23)26/h3-13,16,27H,14-15,17H2,1-2H3,(H,31,34). The Morgan fingerprint density at radius 2 is 1.82 bits per heavy atom. The molecule has 4 aromatic rings. The van der Waals surface area contributed by atoms with Crippen LogP contribution in [0.5, 0.6) is 0 Å². The van der Waals surface area contributed by atoms with Crippen LogP contribution in [-0.2, 0) is 22.5 Å². The number of para-hydroxylation sites is 1. The number of rotatable bonds is 6. The zero-order chi connectivity index (χ0) is 26.8. The molecular formula is C29H26N4O5. The largest absolute Gasteiger partial charge is 0.444 e. The van der Waals surface area contributed by atoms with Crippen LogP contribution in [0, 0.1) is 17.0 Å². The summed E-state index contributed by atoms with van der Waals surface area (Å²) in [6.07, 6.45) is -0.648. The van der Waals surface area contributed by atoms with Crippen LogP contribution < -0.4 is 5.32 Å². The molecule has 0 aliphatic carbocycles. The van der Waals surface area contributed by atoms with E-state index < -0.39 is 22.9 Å². The van der Waals surface area contributed by atoms with Crippen molar-refractivity contribution < 1.29 is 19.2 Å². The predicted molar refractivity (Wildman–Crippen MR) is 143 cm³/mol. The number of anilines is 1. The van der Waals surface area contributed by atoms with Crippen molar-refractivity contribution in [2.24, 2.45) is 0 Å². The van der Waals surface area contributed by atoms with Gasteiger partial charge in [0.05, 0.1) is 16.0 Å². The average Bonchev–Trinajstić information content (AvgIpc) is 2.91. The van der Waals surface area contributed by atoms with Crippen molar-refractivity contribution in [3.05, 3.63) is 111 Å². The molecule has 1 aromatic heterocycles. The predicted octanol–water partition coefficient (Wildman–Crippen LogP) is 4.98. The lowest BCUT2D eigenvalue weighted by molar-refractivity contribution is -0.384.